The largest absolute Gasteiger partial charge is 0.497 e. The van der Waals surface area contributed by atoms with Gasteiger partial charge in [-0.05, 0) is 54.6 Å². The van der Waals surface area contributed by atoms with Crippen molar-refractivity contribution in [3.8, 4) is 5.75 Å². The molecule has 3 rings (SSSR count). The van der Waals surface area contributed by atoms with Crippen LogP contribution in [0.5, 0.6) is 5.75 Å². The van der Waals surface area contributed by atoms with Crippen molar-refractivity contribution in [1.29, 1.82) is 0 Å². The normalized spacial score (nSPS) is 11.0. The maximum Gasteiger partial charge on any atom is 0.261 e. The SMILES string of the molecule is COc1ccc(NS(=O)(=O)c2cccc(C(=O)Nc3cc(Cl)c(N)c(Cl)c3)c2)cc1. The molecule has 0 bridgehead atoms. The van der Waals surface area contributed by atoms with Crippen LogP contribution in [0, 0.1) is 0 Å². The van der Waals surface area contributed by atoms with Crippen LogP contribution in [0.1, 0.15) is 10.4 Å². The van der Waals surface area contributed by atoms with Gasteiger partial charge in [0.1, 0.15) is 5.75 Å². The number of ether oxygens (including phenoxy) is 1. The Hall–Kier alpha value is -2.94. The van der Waals surface area contributed by atoms with Gasteiger partial charge in [-0.15, -0.1) is 0 Å². The predicted octanol–water partition coefficient (Wildman–Crippen LogP) is 4.64. The van der Waals surface area contributed by atoms with Gasteiger partial charge in [-0.3, -0.25) is 9.52 Å². The van der Waals surface area contributed by atoms with Gasteiger partial charge >= 0.3 is 0 Å². The number of nitrogens with two attached hydrogens (primary N) is 1. The second kappa shape index (κ2) is 8.83. The molecule has 3 aromatic carbocycles. The average molecular weight is 466 g/mol. The Morgan fingerprint density at radius 3 is 2.20 bits per heavy atom. The van der Waals surface area contributed by atoms with Crippen LogP contribution >= 0.6 is 23.2 Å². The molecular weight excluding hydrogens is 449 g/mol. The van der Waals surface area contributed by atoms with Crippen LogP contribution in [0.4, 0.5) is 17.1 Å². The fraction of sp³-hybridized carbons (Fsp3) is 0.0500. The Morgan fingerprint density at radius 1 is 0.967 bits per heavy atom. The molecule has 0 saturated carbocycles. The molecule has 4 N–H and O–H groups in total. The number of carbonyl (C=O) groups excluding carboxylic acids is 1. The van der Waals surface area contributed by atoms with Crippen LogP contribution in [-0.2, 0) is 10.0 Å². The summed E-state index contributed by atoms with van der Waals surface area (Å²) in [5.74, 6) is 0.0629. The number of nitrogens with one attached hydrogen (secondary N) is 2. The molecule has 0 radical (unpaired) electrons. The third-order valence-corrected chi connectivity index (χ3v) is 6.09. The summed E-state index contributed by atoms with van der Waals surface area (Å²) < 4.78 is 32.9. The molecule has 30 heavy (non-hydrogen) atoms. The van der Waals surface area contributed by atoms with Gasteiger partial charge in [-0.1, -0.05) is 29.3 Å². The topological polar surface area (TPSA) is 111 Å². The third kappa shape index (κ3) is 4.96. The number of benzene rings is 3. The van der Waals surface area contributed by atoms with E-state index in [4.69, 9.17) is 33.7 Å². The van der Waals surface area contributed by atoms with Gasteiger partial charge in [-0.25, -0.2) is 8.42 Å². The van der Waals surface area contributed by atoms with Crippen molar-refractivity contribution in [3.05, 3.63) is 76.3 Å². The van der Waals surface area contributed by atoms with Crippen molar-refractivity contribution in [3.63, 3.8) is 0 Å². The van der Waals surface area contributed by atoms with Crippen LogP contribution in [0.15, 0.2) is 65.6 Å². The summed E-state index contributed by atoms with van der Waals surface area (Å²) in [6.07, 6.45) is 0. The lowest BCUT2D eigenvalue weighted by molar-refractivity contribution is 0.102. The summed E-state index contributed by atoms with van der Waals surface area (Å²) in [6, 6.07) is 14.9. The maximum absolute atomic E-state index is 12.7. The summed E-state index contributed by atoms with van der Waals surface area (Å²) in [6.45, 7) is 0. The minimum Gasteiger partial charge on any atom is -0.497 e. The second-order valence-electron chi connectivity index (χ2n) is 6.17. The molecule has 3 aromatic rings. The van der Waals surface area contributed by atoms with Gasteiger partial charge in [0, 0.05) is 16.9 Å². The van der Waals surface area contributed by atoms with E-state index in [1.54, 1.807) is 24.3 Å². The highest BCUT2D eigenvalue weighted by atomic mass is 35.5. The number of carbonyl (C=O) groups is 1. The third-order valence-electron chi connectivity index (χ3n) is 4.09. The average Bonchev–Trinajstić information content (AvgIpc) is 2.72. The van der Waals surface area contributed by atoms with Crippen LogP contribution in [0.3, 0.4) is 0 Å². The van der Waals surface area contributed by atoms with E-state index in [2.05, 4.69) is 10.0 Å². The van der Waals surface area contributed by atoms with Crippen molar-refractivity contribution in [2.45, 2.75) is 4.90 Å². The number of nitrogen functional groups attached to an aromatic ring is 1. The van der Waals surface area contributed by atoms with Crippen molar-refractivity contribution in [1.82, 2.24) is 0 Å². The van der Waals surface area contributed by atoms with Crippen LogP contribution in [0.2, 0.25) is 10.0 Å². The molecule has 0 aromatic heterocycles. The van der Waals surface area contributed by atoms with Crippen molar-refractivity contribution in [2.24, 2.45) is 0 Å². The zero-order valence-electron chi connectivity index (χ0n) is 15.6. The Kier molecular flexibility index (Phi) is 6.40. The fourth-order valence-electron chi connectivity index (χ4n) is 2.54. The first kappa shape index (κ1) is 21.8. The van der Waals surface area contributed by atoms with Crippen LogP contribution in [0.25, 0.3) is 0 Å². The Labute approximate surface area is 183 Å². The molecule has 156 valence electrons. The van der Waals surface area contributed by atoms with Gasteiger partial charge in [0.2, 0.25) is 0 Å². The molecule has 0 fully saturated rings. The van der Waals surface area contributed by atoms with Crippen molar-refractivity contribution < 1.29 is 17.9 Å². The summed E-state index contributed by atoms with van der Waals surface area (Å²) in [4.78, 5) is 12.5. The lowest BCUT2D eigenvalue weighted by atomic mass is 10.2. The minimum atomic E-state index is -3.91. The van der Waals surface area contributed by atoms with Gasteiger partial charge < -0.3 is 15.8 Å². The first-order valence-corrected chi connectivity index (χ1v) is 10.8. The van der Waals surface area contributed by atoms with E-state index in [1.807, 2.05) is 0 Å². The van der Waals surface area contributed by atoms with Crippen LogP contribution in [-0.4, -0.2) is 21.4 Å². The molecule has 0 heterocycles. The molecule has 0 aliphatic rings. The smallest absolute Gasteiger partial charge is 0.261 e. The van der Waals surface area contributed by atoms with Crippen LogP contribution < -0.4 is 20.5 Å². The molecular formula is C20H17Cl2N3O4S. The Bertz CT molecular complexity index is 1180. The number of hydrogen-bond acceptors (Lipinski definition) is 5. The first-order valence-electron chi connectivity index (χ1n) is 8.52. The lowest BCUT2D eigenvalue weighted by Crippen LogP contribution is -2.16. The number of hydrogen-bond donors (Lipinski definition) is 3. The molecule has 10 heteroatoms. The second-order valence-corrected chi connectivity index (χ2v) is 8.67. The zero-order valence-corrected chi connectivity index (χ0v) is 18.0. The zero-order chi connectivity index (χ0) is 21.9. The minimum absolute atomic E-state index is 0.0701. The number of amides is 1. The fourth-order valence-corrected chi connectivity index (χ4v) is 4.13. The van der Waals surface area contributed by atoms with Crippen molar-refractivity contribution >= 4 is 56.2 Å². The van der Waals surface area contributed by atoms with E-state index in [-0.39, 0.29) is 26.2 Å². The maximum atomic E-state index is 12.7. The molecule has 0 aliphatic heterocycles. The standard InChI is InChI=1S/C20H17Cl2N3O4S/c1-29-15-7-5-13(6-8-15)25-30(27,28)16-4-2-3-12(9-16)20(26)24-14-10-17(21)19(23)18(22)11-14/h2-11,25H,23H2,1H3,(H,24,26). The molecule has 0 unspecified atom stereocenters. The van der Waals surface area contributed by atoms with Gasteiger partial charge in [0.05, 0.1) is 27.7 Å². The highest BCUT2D eigenvalue weighted by molar-refractivity contribution is 7.92. The van der Waals surface area contributed by atoms with Gasteiger partial charge in [0.15, 0.2) is 0 Å². The monoisotopic (exact) mass is 465 g/mol. The number of sulfonamides is 1. The first-order chi connectivity index (χ1) is 14.2. The summed E-state index contributed by atoms with van der Waals surface area (Å²) in [5.41, 5.74) is 6.71. The molecule has 0 spiro atoms. The molecule has 7 nitrogen and oxygen atoms in total. The Morgan fingerprint density at radius 2 is 1.60 bits per heavy atom. The predicted molar refractivity (Wildman–Crippen MR) is 119 cm³/mol. The molecule has 1 amide bonds. The van der Waals surface area contributed by atoms with E-state index < -0.39 is 15.9 Å². The molecule has 0 atom stereocenters. The quantitative estimate of drug-likeness (QED) is 0.459. The Balaban J connectivity index is 1.81. The number of methoxy groups -OCH3 is 1. The van der Waals surface area contributed by atoms with Crippen molar-refractivity contribution in [2.75, 3.05) is 22.9 Å². The highest BCUT2D eigenvalue weighted by Gasteiger charge is 2.17. The number of anilines is 3. The van der Waals surface area contributed by atoms with Gasteiger partial charge in [-0.2, -0.15) is 0 Å². The van der Waals surface area contributed by atoms with E-state index in [1.165, 1.54) is 43.5 Å². The van der Waals surface area contributed by atoms with E-state index in [0.29, 0.717) is 17.1 Å². The van der Waals surface area contributed by atoms with E-state index in [0.717, 1.165) is 0 Å². The number of halogens is 2. The molecule has 0 aliphatic carbocycles. The highest BCUT2D eigenvalue weighted by Crippen LogP contribution is 2.31. The summed E-state index contributed by atoms with van der Waals surface area (Å²) in [7, 11) is -2.39. The van der Waals surface area contributed by atoms with E-state index >= 15 is 0 Å². The summed E-state index contributed by atoms with van der Waals surface area (Å²) >= 11 is 11.9. The summed E-state index contributed by atoms with van der Waals surface area (Å²) in [5, 5.41) is 3.00. The van der Waals surface area contributed by atoms with Gasteiger partial charge in [0.25, 0.3) is 15.9 Å². The van der Waals surface area contributed by atoms with E-state index in [9.17, 15) is 13.2 Å². The number of rotatable bonds is 6. The molecule has 0 saturated heterocycles. The lowest BCUT2D eigenvalue weighted by Gasteiger charge is -2.11.